The minimum absolute atomic E-state index is 0.173. The van der Waals surface area contributed by atoms with E-state index in [4.69, 9.17) is 0 Å². The highest BCUT2D eigenvalue weighted by molar-refractivity contribution is 6.35. The standard InChI is InChI=1S/C21H26N2O2/c1-15(2)19(18-13-9-6-10-14-18)22-20(24)21(25)23(4)16(3)17-11-7-5-8-12-17/h5-16,19H,1-4H3,(H,22,24). The maximum absolute atomic E-state index is 12.6. The van der Waals surface area contributed by atoms with Gasteiger partial charge in [0.1, 0.15) is 0 Å². The van der Waals surface area contributed by atoms with E-state index in [1.54, 1.807) is 7.05 Å². The largest absolute Gasteiger partial charge is 0.341 e. The first-order valence-electron chi connectivity index (χ1n) is 8.59. The van der Waals surface area contributed by atoms with Gasteiger partial charge in [0.2, 0.25) is 0 Å². The SMILES string of the molecule is CC(C)C(NC(=O)C(=O)N(C)C(C)c1ccccc1)c1ccccc1. The number of amides is 2. The van der Waals surface area contributed by atoms with Crippen LogP contribution < -0.4 is 5.32 Å². The lowest BCUT2D eigenvalue weighted by Crippen LogP contribution is -2.44. The molecular formula is C21H26N2O2. The van der Waals surface area contributed by atoms with Crippen molar-refractivity contribution in [2.45, 2.75) is 32.9 Å². The Bertz CT molecular complexity index is 698. The summed E-state index contributed by atoms with van der Waals surface area (Å²) in [6.07, 6.45) is 0. The summed E-state index contributed by atoms with van der Waals surface area (Å²) >= 11 is 0. The normalized spacial score (nSPS) is 13.2. The second-order valence-corrected chi connectivity index (χ2v) is 6.61. The quantitative estimate of drug-likeness (QED) is 0.845. The molecule has 132 valence electrons. The second-order valence-electron chi connectivity index (χ2n) is 6.61. The molecule has 0 saturated heterocycles. The molecular weight excluding hydrogens is 312 g/mol. The van der Waals surface area contributed by atoms with Gasteiger partial charge < -0.3 is 10.2 Å². The van der Waals surface area contributed by atoms with Gasteiger partial charge in [-0.25, -0.2) is 0 Å². The predicted molar refractivity (Wildman–Crippen MR) is 99.8 cm³/mol. The van der Waals surface area contributed by atoms with E-state index in [0.29, 0.717) is 0 Å². The van der Waals surface area contributed by atoms with Crippen LogP contribution in [0.3, 0.4) is 0 Å². The number of carbonyl (C=O) groups excluding carboxylic acids is 2. The van der Waals surface area contributed by atoms with Crippen LogP contribution in [0.25, 0.3) is 0 Å². The number of likely N-dealkylation sites (N-methyl/N-ethyl adjacent to an activating group) is 1. The molecule has 0 heterocycles. The molecule has 0 aliphatic rings. The molecule has 0 radical (unpaired) electrons. The van der Waals surface area contributed by atoms with E-state index in [2.05, 4.69) is 5.32 Å². The van der Waals surface area contributed by atoms with Gasteiger partial charge in [0.25, 0.3) is 0 Å². The van der Waals surface area contributed by atoms with E-state index in [-0.39, 0.29) is 18.0 Å². The van der Waals surface area contributed by atoms with E-state index in [1.807, 2.05) is 81.4 Å². The number of hydrogen-bond donors (Lipinski definition) is 1. The summed E-state index contributed by atoms with van der Waals surface area (Å²) in [6.45, 7) is 5.97. The van der Waals surface area contributed by atoms with Crippen molar-refractivity contribution in [3.63, 3.8) is 0 Å². The summed E-state index contributed by atoms with van der Waals surface area (Å²) in [5.41, 5.74) is 1.99. The highest BCUT2D eigenvalue weighted by Gasteiger charge is 2.27. The Morgan fingerprint density at radius 3 is 1.80 bits per heavy atom. The molecule has 0 fully saturated rings. The van der Waals surface area contributed by atoms with E-state index in [1.165, 1.54) is 4.90 Å². The fourth-order valence-corrected chi connectivity index (χ4v) is 2.79. The zero-order valence-corrected chi connectivity index (χ0v) is 15.3. The smallest absolute Gasteiger partial charge is 0.312 e. The summed E-state index contributed by atoms with van der Waals surface area (Å²) in [4.78, 5) is 26.5. The lowest BCUT2D eigenvalue weighted by molar-refractivity contribution is -0.146. The molecule has 0 bridgehead atoms. The minimum atomic E-state index is -0.576. The van der Waals surface area contributed by atoms with Gasteiger partial charge in [0, 0.05) is 7.05 Å². The predicted octanol–water partition coefficient (Wildman–Crippen LogP) is 3.72. The maximum Gasteiger partial charge on any atom is 0.312 e. The molecule has 0 aliphatic carbocycles. The summed E-state index contributed by atoms with van der Waals surface area (Å²) < 4.78 is 0. The first-order chi connectivity index (χ1) is 11.9. The van der Waals surface area contributed by atoms with Gasteiger partial charge in [-0.05, 0) is 24.0 Å². The van der Waals surface area contributed by atoms with E-state index in [0.717, 1.165) is 11.1 Å². The van der Waals surface area contributed by atoms with Gasteiger partial charge in [0.05, 0.1) is 12.1 Å². The van der Waals surface area contributed by atoms with E-state index >= 15 is 0 Å². The highest BCUT2D eigenvalue weighted by Crippen LogP contribution is 2.22. The highest BCUT2D eigenvalue weighted by atomic mass is 16.2. The third kappa shape index (κ3) is 4.69. The average molecular weight is 338 g/mol. The number of benzene rings is 2. The number of carbonyl (C=O) groups is 2. The van der Waals surface area contributed by atoms with Gasteiger partial charge >= 0.3 is 11.8 Å². The fraction of sp³-hybridized carbons (Fsp3) is 0.333. The molecule has 2 aromatic carbocycles. The molecule has 4 heteroatoms. The Morgan fingerprint density at radius 1 is 0.840 bits per heavy atom. The summed E-state index contributed by atoms with van der Waals surface area (Å²) in [7, 11) is 1.66. The van der Waals surface area contributed by atoms with E-state index < -0.39 is 11.8 Å². The summed E-state index contributed by atoms with van der Waals surface area (Å²) in [5, 5.41) is 2.89. The first kappa shape index (κ1) is 18.7. The van der Waals surface area contributed by atoms with Crippen LogP contribution in [0.15, 0.2) is 60.7 Å². The summed E-state index contributed by atoms with van der Waals surface area (Å²) in [5.74, 6) is -0.929. The monoisotopic (exact) mass is 338 g/mol. The van der Waals surface area contributed by atoms with Crippen LogP contribution in [0, 0.1) is 5.92 Å². The fourth-order valence-electron chi connectivity index (χ4n) is 2.79. The van der Waals surface area contributed by atoms with Crippen molar-refractivity contribution < 1.29 is 9.59 Å². The van der Waals surface area contributed by atoms with Crippen molar-refractivity contribution in [1.29, 1.82) is 0 Å². The van der Waals surface area contributed by atoms with Crippen LogP contribution in [-0.2, 0) is 9.59 Å². The average Bonchev–Trinajstić information content (AvgIpc) is 2.65. The molecule has 2 rings (SSSR count). The molecule has 0 aliphatic heterocycles. The van der Waals surface area contributed by atoms with Crippen molar-refractivity contribution in [1.82, 2.24) is 10.2 Å². The number of nitrogens with one attached hydrogen (secondary N) is 1. The maximum atomic E-state index is 12.6. The molecule has 2 aromatic rings. The molecule has 2 atom stereocenters. The van der Waals surface area contributed by atoms with Crippen LogP contribution >= 0.6 is 0 Å². The number of rotatable bonds is 5. The van der Waals surface area contributed by atoms with Crippen molar-refractivity contribution in [2.75, 3.05) is 7.05 Å². The van der Waals surface area contributed by atoms with Crippen molar-refractivity contribution in [3.05, 3.63) is 71.8 Å². The zero-order valence-electron chi connectivity index (χ0n) is 15.3. The van der Waals surface area contributed by atoms with Crippen LogP contribution in [0.2, 0.25) is 0 Å². The molecule has 0 saturated carbocycles. The van der Waals surface area contributed by atoms with Gasteiger partial charge in [-0.3, -0.25) is 9.59 Å². The molecule has 2 amide bonds. The van der Waals surface area contributed by atoms with Crippen LogP contribution in [-0.4, -0.2) is 23.8 Å². The summed E-state index contributed by atoms with van der Waals surface area (Å²) in [6, 6.07) is 19.0. The lowest BCUT2D eigenvalue weighted by atomic mass is 9.96. The molecule has 0 spiro atoms. The first-order valence-corrected chi connectivity index (χ1v) is 8.59. The Labute approximate surface area is 149 Å². The third-order valence-corrected chi connectivity index (χ3v) is 4.49. The van der Waals surface area contributed by atoms with Crippen LogP contribution in [0.1, 0.15) is 44.0 Å². The number of hydrogen-bond acceptors (Lipinski definition) is 2. The lowest BCUT2D eigenvalue weighted by Gasteiger charge is -2.27. The Balaban J connectivity index is 2.09. The molecule has 25 heavy (non-hydrogen) atoms. The Morgan fingerprint density at radius 2 is 1.32 bits per heavy atom. The molecule has 0 aromatic heterocycles. The minimum Gasteiger partial charge on any atom is -0.341 e. The van der Waals surface area contributed by atoms with Gasteiger partial charge in [-0.15, -0.1) is 0 Å². The van der Waals surface area contributed by atoms with Crippen molar-refractivity contribution in [2.24, 2.45) is 5.92 Å². The van der Waals surface area contributed by atoms with Crippen LogP contribution in [0.5, 0.6) is 0 Å². The molecule has 4 nitrogen and oxygen atoms in total. The van der Waals surface area contributed by atoms with Crippen molar-refractivity contribution >= 4 is 11.8 Å². The molecule has 2 unspecified atom stereocenters. The van der Waals surface area contributed by atoms with Gasteiger partial charge in [-0.1, -0.05) is 74.5 Å². The Kier molecular flexibility index (Phi) is 6.34. The van der Waals surface area contributed by atoms with Crippen molar-refractivity contribution in [3.8, 4) is 0 Å². The number of nitrogens with zero attached hydrogens (tertiary/aromatic N) is 1. The molecule has 1 N–H and O–H groups in total. The van der Waals surface area contributed by atoms with Crippen LogP contribution in [0.4, 0.5) is 0 Å². The third-order valence-electron chi connectivity index (χ3n) is 4.49. The van der Waals surface area contributed by atoms with E-state index in [9.17, 15) is 9.59 Å². The van der Waals surface area contributed by atoms with Gasteiger partial charge in [0.15, 0.2) is 0 Å². The zero-order chi connectivity index (χ0) is 18.4. The Hall–Kier alpha value is -2.62. The van der Waals surface area contributed by atoms with Gasteiger partial charge in [-0.2, -0.15) is 0 Å². The second kappa shape index (κ2) is 8.47. The topological polar surface area (TPSA) is 49.4 Å².